The van der Waals surface area contributed by atoms with Gasteiger partial charge in [0.1, 0.15) is 4.83 Å². The van der Waals surface area contributed by atoms with E-state index >= 15 is 0 Å². The molecule has 37 heavy (non-hydrogen) atoms. The summed E-state index contributed by atoms with van der Waals surface area (Å²) in [6, 6.07) is 45.4. The molecule has 181 valence electrons. The van der Waals surface area contributed by atoms with Gasteiger partial charge in [0.2, 0.25) is 0 Å². The number of aromatic nitrogens is 2. The zero-order chi connectivity index (χ0) is 24.2. The maximum atomic E-state index is 4.83. The summed E-state index contributed by atoms with van der Waals surface area (Å²) < 4.78 is 2.59. The molecule has 0 atom stereocenters. The molecule has 4 aromatic carbocycles. The molecule has 3 heterocycles. The van der Waals surface area contributed by atoms with Crippen LogP contribution in [0.3, 0.4) is 0 Å². The van der Waals surface area contributed by atoms with Crippen molar-refractivity contribution >= 4 is 42.3 Å². The first-order chi connectivity index (χ1) is 17.8. The minimum atomic E-state index is 0. The van der Waals surface area contributed by atoms with E-state index in [-0.39, 0.29) is 20.1 Å². The molecule has 0 bridgehead atoms. The second-order valence-electron chi connectivity index (χ2n) is 8.10. The Morgan fingerprint density at radius 1 is 0.622 bits per heavy atom. The maximum absolute atomic E-state index is 4.83. The Labute approximate surface area is 237 Å². The molecule has 0 amide bonds. The Balaban J connectivity index is 0.000000183. The number of thiophene rings is 1. The summed E-state index contributed by atoms with van der Waals surface area (Å²) in [7, 11) is 0. The van der Waals surface area contributed by atoms with E-state index in [1.807, 2.05) is 48.5 Å². The SMILES string of the molecule is [Ir].[c-]1cc(-c2ccccc2)ccc1-c1nc2sc3ccccc3c2s1.[c-]1ccccc1-c1ccccn1. The van der Waals surface area contributed by atoms with Crippen molar-refractivity contribution in [3.05, 3.63) is 134 Å². The van der Waals surface area contributed by atoms with Gasteiger partial charge < -0.3 is 4.98 Å². The van der Waals surface area contributed by atoms with Gasteiger partial charge in [-0.05, 0) is 17.8 Å². The number of thiazole rings is 1. The molecule has 0 saturated carbocycles. The van der Waals surface area contributed by atoms with Gasteiger partial charge in [0, 0.05) is 41.4 Å². The quantitative estimate of drug-likeness (QED) is 0.173. The minimum Gasteiger partial charge on any atom is -0.305 e. The molecule has 0 N–H and O–H groups in total. The van der Waals surface area contributed by atoms with Crippen molar-refractivity contribution in [3.8, 4) is 33.0 Å². The van der Waals surface area contributed by atoms with Crippen LogP contribution >= 0.6 is 22.7 Å². The van der Waals surface area contributed by atoms with Crippen LogP contribution in [0, 0.1) is 12.1 Å². The Hall–Kier alpha value is -3.47. The predicted octanol–water partition coefficient (Wildman–Crippen LogP) is 9.19. The second kappa shape index (κ2) is 11.7. The number of hydrogen-bond acceptors (Lipinski definition) is 4. The summed E-state index contributed by atoms with van der Waals surface area (Å²) >= 11 is 3.52. The van der Waals surface area contributed by atoms with Crippen molar-refractivity contribution in [1.29, 1.82) is 0 Å². The molecule has 7 rings (SSSR count). The summed E-state index contributed by atoms with van der Waals surface area (Å²) in [4.78, 5) is 10.2. The van der Waals surface area contributed by atoms with Crippen molar-refractivity contribution in [2.24, 2.45) is 0 Å². The number of benzene rings is 4. The first-order valence-corrected chi connectivity index (χ1v) is 13.2. The van der Waals surface area contributed by atoms with Crippen molar-refractivity contribution < 1.29 is 20.1 Å². The molecule has 0 spiro atoms. The Bertz CT molecular complexity index is 1670. The minimum absolute atomic E-state index is 0. The summed E-state index contributed by atoms with van der Waals surface area (Å²) in [6.07, 6.45) is 1.79. The fourth-order valence-electron chi connectivity index (χ4n) is 3.95. The number of hydrogen-bond donors (Lipinski definition) is 0. The van der Waals surface area contributed by atoms with Crippen molar-refractivity contribution in [3.63, 3.8) is 0 Å². The third-order valence-corrected chi connectivity index (χ3v) is 8.05. The molecule has 0 saturated heterocycles. The van der Waals surface area contributed by atoms with Crippen LogP contribution < -0.4 is 0 Å². The first kappa shape index (κ1) is 25.2. The third kappa shape index (κ3) is 5.61. The molecule has 0 aliphatic heterocycles. The Kier molecular flexibility index (Phi) is 7.98. The fourth-order valence-corrected chi connectivity index (χ4v) is 6.29. The van der Waals surface area contributed by atoms with Gasteiger partial charge in [0.25, 0.3) is 0 Å². The van der Waals surface area contributed by atoms with Gasteiger partial charge in [-0.3, -0.25) is 4.98 Å². The third-order valence-electron chi connectivity index (χ3n) is 5.73. The van der Waals surface area contributed by atoms with E-state index in [0.29, 0.717) is 0 Å². The van der Waals surface area contributed by atoms with Crippen LogP contribution in [0.2, 0.25) is 0 Å². The summed E-state index contributed by atoms with van der Waals surface area (Å²) in [5.74, 6) is 0. The van der Waals surface area contributed by atoms with Crippen molar-refractivity contribution in [2.75, 3.05) is 0 Å². The topological polar surface area (TPSA) is 25.8 Å². The smallest absolute Gasteiger partial charge is 0.124 e. The molecule has 5 heteroatoms. The zero-order valence-corrected chi connectivity index (χ0v) is 23.6. The van der Waals surface area contributed by atoms with Crippen LogP contribution in [0.4, 0.5) is 0 Å². The van der Waals surface area contributed by atoms with Crippen molar-refractivity contribution in [2.45, 2.75) is 0 Å². The average molecular weight is 689 g/mol. The molecular weight excluding hydrogens is 669 g/mol. The van der Waals surface area contributed by atoms with Gasteiger partial charge in [-0.2, -0.15) is 11.3 Å². The van der Waals surface area contributed by atoms with Crippen LogP contribution in [0.1, 0.15) is 0 Å². The normalized spacial score (nSPS) is 10.5. The molecule has 2 nitrogen and oxygen atoms in total. The monoisotopic (exact) mass is 689 g/mol. The van der Waals surface area contributed by atoms with Gasteiger partial charge in [0.05, 0.1) is 4.70 Å². The molecule has 7 aromatic rings. The van der Waals surface area contributed by atoms with Gasteiger partial charge in [-0.25, -0.2) is 0 Å². The van der Waals surface area contributed by atoms with Gasteiger partial charge >= 0.3 is 0 Å². The van der Waals surface area contributed by atoms with E-state index in [2.05, 4.69) is 83.8 Å². The molecule has 0 aliphatic rings. The number of rotatable bonds is 3. The van der Waals surface area contributed by atoms with Crippen LogP contribution in [0.15, 0.2) is 121 Å². The van der Waals surface area contributed by atoms with Crippen LogP contribution in [-0.4, -0.2) is 9.97 Å². The summed E-state index contributed by atoms with van der Waals surface area (Å²) in [5.41, 5.74) is 5.47. The van der Waals surface area contributed by atoms with Crippen LogP contribution in [-0.2, 0) is 20.1 Å². The Morgan fingerprint density at radius 2 is 1.43 bits per heavy atom. The van der Waals surface area contributed by atoms with E-state index in [9.17, 15) is 0 Å². The maximum Gasteiger partial charge on any atom is 0.124 e. The predicted molar refractivity (Wildman–Crippen MR) is 153 cm³/mol. The molecule has 3 aromatic heterocycles. The second-order valence-corrected chi connectivity index (χ2v) is 10.1. The molecular formula is C32H20IrN2S2-2. The van der Waals surface area contributed by atoms with E-state index in [1.165, 1.54) is 25.9 Å². The molecule has 0 fully saturated rings. The van der Waals surface area contributed by atoms with E-state index in [0.717, 1.165) is 26.7 Å². The first-order valence-electron chi connectivity index (χ1n) is 11.6. The number of fused-ring (bicyclic) bond motifs is 3. The summed E-state index contributed by atoms with van der Waals surface area (Å²) in [5, 5.41) is 2.35. The van der Waals surface area contributed by atoms with E-state index < -0.39 is 0 Å². The van der Waals surface area contributed by atoms with Gasteiger partial charge in [-0.1, -0.05) is 71.8 Å². The summed E-state index contributed by atoms with van der Waals surface area (Å²) in [6.45, 7) is 0. The number of nitrogens with zero attached hydrogens (tertiary/aromatic N) is 2. The van der Waals surface area contributed by atoms with Gasteiger partial charge in [0.15, 0.2) is 0 Å². The number of pyridine rings is 1. The molecule has 0 unspecified atom stereocenters. The Morgan fingerprint density at radius 3 is 2.19 bits per heavy atom. The van der Waals surface area contributed by atoms with Crippen LogP contribution in [0.5, 0.6) is 0 Å². The molecule has 1 radical (unpaired) electrons. The van der Waals surface area contributed by atoms with E-state index in [1.54, 1.807) is 28.9 Å². The van der Waals surface area contributed by atoms with Crippen molar-refractivity contribution in [1.82, 2.24) is 9.97 Å². The largest absolute Gasteiger partial charge is 0.305 e. The van der Waals surface area contributed by atoms with Crippen LogP contribution in [0.25, 0.3) is 52.6 Å². The molecule has 0 aliphatic carbocycles. The average Bonchev–Trinajstić information content (AvgIpc) is 3.54. The fraction of sp³-hybridized carbons (Fsp3) is 0. The zero-order valence-electron chi connectivity index (χ0n) is 19.6. The van der Waals surface area contributed by atoms with E-state index in [4.69, 9.17) is 4.98 Å². The standard InChI is InChI=1S/C21H12NS2.C11H8N.Ir/c1-2-6-14(7-3-1)15-10-12-16(13-11-15)20-22-21-19(24-20)17-8-4-5-9-18(17)23-21;1-2-6-10(7-3-1)11-8-4-5-9-12-11;/h1-12H;1-6,8-9H;/q2*-1;. The van der Waals surface area contributed by atoms with Gasteiger partial charge in [-0.15, -0.1) is 77.1 Å².